The second-order valence-electron chi connectivity index (χ2n) is 18.4. The molecule has 59 heavy (non-hydrogen) atoms. The van der Waals surface area contributed by atoms with Gasteiger partial charge in [0.25, 0.3) is 0 Å². The molecular weight excluding hydrogens is 760 g/mol. The van der Waals surface area contributed by atoms with Gasteiger partial charge in [0.05, 0.1) is 29.9 Å². The Balaban J connectivity index is 1.31. The maximum Gasteiger partial charge on any atom is 0.338 e. The van der Waals surface area contributed by atoms with Crippen molar-refractivity contribution in [3.8, 4) is 0 Å². The molecule has 3 aliphatic carbocycles. The van der Waals surface area contributed by atoms with Crippen LogP contribution in [0.15, 0.2) is 72.8 Å². The van der Waals surface area contributed by atoms with Crippen LogP contribution >= 0.6 is 0 Å². The Labute approximate surface area is 344 Å². The van der Waals surface area contributed by atoms with Crippen molar-refractivity contribution < 1.29 is 62.9 Å². The molecule has 4 heterocycles. The van der Waals surface area contributed by atoms with Gasteiger partial charge >= 0.3 is 23.9 Å². The highest BCUT2D eigenvalue weighted by molar-refractivity contribution is 5.90. The lowest BCUT2D eigenvalue weighted by Gasteiger charge is -2.62. The Bertz CT molecular complexity index is 1980. The highest BCUT2D eigenvalue weighted by Gasteiger charge is 2.92. The number of esters is 3. The quantitative estimate of drug-likeness (QED) is 0.142. The van der Waals surface area contributed by atoms with E-state index in [0.717, 1.165) is 25.7 Å². The molecule has 3 N–H and O–H groups in total. The molecule has 13 nitrogen and oxygen atoms in total. The molecule has 4 unspecified atom stereocenters. The van der Waals surface area contributed by atoms with E-state index in [1.54, 1.807) is 60.7 Å². The number of ether oxygens (including phenoxy) is 7. The van der Waals surface area contributed by atoms with Crippen LogP contribution in [0, 0.1) is 35.5 Å². The summed E-state index contributed by atoms with van der Waals surface area (Å²) in [5.41, 5.74) is -5.73. The number of benzene rings is 2. The van der Waals surface area contributed by atoms with Crippen molar-refractivity contribution in [3.05, 3.63) is 83.9 Å². The molecule has 2 aromatic rings. The van der Waals surface area contributed by atoms with Crippen LogP contribution in [0.2, 0.25) is 0 Å². The van der Waals surface area contributed by atoms with Crippen LogP contribution in [0.1, 0.15) is 93.4 Å². The first-order valence-electron chi connectivity index (χ1n) is 21.3. The predicted octanol–water partition coefficient (Wildman–Crippen LogP) is 4.90. The number of aliphatic hydroxyl groups is 3. The Kier molecular flexibility index (Phi) is 9.98. The van der Waals surface area contributed by atoms with Crippen molar-refractivity contribution in [3.63, 3.8) is 0 Å². The number of hydrogen-bond donors (Lipinski definition) is 3. The molecule has 2 aromatic carbocycles. The fourth-order valence-corrected chi connectivity index (χ4v) is 12.7. The molecule has 3 saturated carbocycles. The molecule has 16 atom stereocenters. The third-order valence-corrected chi connectivity index (χ3v) is 15.2. The molecule has 4 aliphatic heterocycles. The number of hydrogen-bond acceptors (Lipinski definition) is 13. The minimum Gasteiger partial charge on any atom is -0.462 e. The van der Waals surface area contributed by atoms with Crippen molar-refractivity contribution in [2.24, 2.45) is 35.5 Å². The van der Waals surface area contributed by atoms with Crippen molar-refractivity contribution >= 4 is 17.9 Å². The molecule has 4 saturated heterocycles. The fraction of sp³-hybridized carbons (Fsp3) is 0.630. The summed E-state index contributed by atoms with van der Waals surface area (Å²) < 4.78 is 47.1. The van der Waals surface area contributed by atoms with E-state index in [9.17, 15) is 29.7 Å². The van der Waals surface area contributed by atoms with Crippen molar-refractivity contribution in [2.75, 3.05) is 13.2 Å². The molecule has 13 heteroatoms. The molecule has 9 rings (SSSR count). The first-order valence-corrected chi connectivity index (χ1v) is 21.3. The van der Waals surface area contributed by atoms with E-state index in [4.69, 9.17) is 33.2 Å². The molecule has 7 aliphatic rings. The average Bonchev–Trinajstić information content (AvgIpc) is 3.85. The van der Waals surface area contributed by atoms with Gasteiger partial charge in [0, 0.05) is 24.7 Å². The number of fused-ring (bicyclic) bond motifs is 1. The summed E-state index contributed by atoms with van der Waals surface area (Å²) in [7, 11) is 0. The highest BCUT2D eigenvalue weighted by Crippen LogP contribution is 2.76. The Morgan fingerprint density at radius 1 is 0.847 bits per heavy atom. The summed E-state index contributed by atoms with van der Waals surface area (Å²) in [5, 5.41) is 38.1. The molecule has 7 fully saturated rings. The van der Waals surface area contributed by atoms with E-state index in [2.05, 4.69) is 13.5 Å². The number of carbonyl (C=O) groups is 3. The van der Waals surface area contributed by atoms with Gasteiger partial charge in [-0.3, -0.25) is 4.79 Å². The number of rotatable bonds is 8. The lowest BCUT2D eigenvalue weighted by atomic mass is 9.51. The van der Waals surface area contributed by atoms with Crippen LogP contribution < -0.4 is 0 Å². The zero-order valence-corrected chi connectivity index (χ0v) is 34.1. The molecule has 2 spiro atoms. The Morgan fingerprint density at radius 2 is 1.49 bits per heavy atom. The van der Waals surface area contributed by atoms with Crippen LogP contribution in [0.4, 0.5) is 0 Å². The van der Waals surface area contributed by atoms with Gasteiger partial charge in [0.15, 0.2) is 11.7 Å². The SMILES string of the molecule is C=C(C)[C@]12C[C@@H](COC(=O)c3ccccc3)[C@@]34OC5(O[C@@H]1C3[C@@H]1O[C@]1(CO)[C@@H](OC(C)=O)[C@@]1(O)C4C([C@H](C)CCCCCC[C@H]5O)[C@H](C)[C@@H]1OC(=O)c1ccccc1)O2. The zero-order chi connectivity index (χ0) is 41.7. The predicted molar refractivity (Wildman–Crippen MR) is 208 cm³/mol. The van der Waals surface area contributed by atoms with Gasteiger partial charge in [-0.1, -0.05) is 88.9 Å². The first kappa shape index (κ1) is 40.7. The van der Waals surface area contributed by atoms with Crippen LogP contribution in [-0.4, -0.2) is 105 Å². The van der Waals surface area contributed by atoms with Crippen LogP contribution in [0.5, 0.6) is 0 Å². The first-order chi connectivity index (χ1) is 28.2. The van der Waals surface area contributed by atoms with E-state index in [0.29, 0.717) is 17.6 Å². The summed E-state index contributed by atoms with van der Waals surface area (Å²) in [5.74, 6) is -7.94. The minimum absolute atomic E-state index is 0.123. The second-order valence-corrected chi connectivity index (χ2v) is 18.4. The normalized spacial score (nSPS) is 45.4. The third-order valence-electron chi connectivity index (χ3n) is 15.2. The summed E-state index contributed by atoms with van der Waals surface area (Å²) in [6.07, 6.45) is -1.60. The molecule has 3 bridgehead atoms. The van der Waals surface area contributed by atoms with Crippen LogP contribution in [0.25, 0.3) is 0 Å². The largest absolute Gasteiger partial charge is 0.462 e. The molecule has 318 valence electrons. The third kappa shape index (κ3) is 5.78. The number of carbonyl (C=O) groups excluding carboxylic acids is 3. The average molecular weight is 817 g/mol. The lowest BCUT2D eigenvalue weighted by molar-refractivity contribution is -0.459. The molecule has 0 aromatic heterocycles. The topological polar surface area (TPSA) is 180 Å². The van der Waals surface area contributed by atoms with E-state index in [-0.39, 0.29) is 30.9 Å². The van der Waals surface area contributed by atoms with Gasteiger partial charge in [0.1, 0.15) is 35.6 Å². The smallest absolute Gasteiger partial charge is 0.338 e. The highest BCUT2D eigenvalue weighted by atomic mass is 16.9. The van der Waals surface area contributed by atoms with Crippen LogP contribution in [0.3, 0.4) is 0 Å². The monoisotopic (exact) mass is 816 g/mol. The molecule has 0 radical (unpaired) electrons. The van der Waals surface area contributed by atoms with Crippen LogP contribution in [-0.2, 0) is 38.0 Å². The number of epoxide rings is 1. The van der Waals surface area contributed by atoms with Gasteiger partial charge < -0.3 is 48.5 Å². The van der Waals surface area contributed by atoms with E-state index < -0.39 is 113 Å². The van der Waals surface area contributed by atoms with Crippen molar-refractivity contribution in [1.29, 1.82) is 0 Å². The maximum atomic E-state index is 14.3. The standard InChI is InChI=1S/C46H56O13/c1-25(2)42-22-31(23-53-39(50)29-17-11-8-12-18-29)45-34-37(42)57-46(58-42,59-45)32(49)21-15-7-6-10-16-26(3)33-27(4)36(55-40(51)30-19-13-9-14-20-30)44(52,35(33)45)41(54-28(5)48)43(24-47)38(34)56-43/h8-9,11-14,17-20,26-27,31-38,41,47,49,52H,1,6-7,10,15-16,21-24H2,2-5H3/t26-,27+,31+,32-,33?,34?,35?,36+,37-,38+,41-,42-,43+,44-,45-,46?/m1/s1. The van der Waals surface area contributed by atoms with E-state index in [1.165, 1.54) is 6.92 Å². The van der Waals surface area contributed by atoms with Gasteiger partial charge in [0.2, 0.25) is 0 Å². The molecular formula is C46H56O13. The lowest BCUT2D eigenvalue weighted by Crippen LogP contribution is -2.75. The van der Waals surface area contributed by atoms with Gasteiger partial charge in [-0.15, -0.1) is 0 Å². The maximum absolute atomic E-state index is 14.3. The van der Waals surface area contributed by atoms with Gasteiger partial charge in [-0.05, 0) is 67.4 Å². The summed E-state index contributed by atoms with van der Waals surface area (Å²) in [6, 6.07) is 17.1. The van der Waals surface area contributed by atoms with Crippen molar-refractivity contribution in [1.82, 2.24) is 0 Å². The number of aliphatic hydroxyl groups excluding tert-OH is 2. The van der Waals surface area contributed by atoms with E-state index >= 15 is 0 Å². The summed E-state index contributed by atoms with van der Waals surface area (Å²) >= 11 is 0. The van der Waals surface area contributed by atoms with E-state index in [1.807, 2.05) is 13.8 Å². The summed E-state index contributed by atoms with van der Waals surface area (Å²) in [6.45, 7) is 10.6. The fourth-order valence-electron chi connectivity index (χ4n) is 12.7. The Morgan fingerprint density at radius 3 is 2.12 bits per heavy atom. The summed E-state index contributed by atoms with van der Waals surface area (Å²) in [4.78, 5) is 41.3. The van der Waals surface area contributed by atoms with Crippen molar-refractivity contribution in [2.45, 2.75) is 132 Å². The minimum atomic E-state index is -2.28. The Hall–Kier alpha value is -3.69. The zero-order valence-electron chi connectivity index (χ0n) is 34.1. The second kappa shape index (κ2) is 14.5. The molecule has 0 amide bonds. The van der Waals surface area contributed by atoms with Gasteiger partial charge in [-0.2, -0.15) is 0 Å². The van der Waals surface area contributed by atoms with Gasteiger partial charge in [-0.25, -0.2) is 9.59 Å².